The van der Waals surface area contributed by atoms with Crippen LogP contribution in [-0.2, 0) is 0 Å². The molecule has 0 unspecified atom stereocenters. The van der Waals surface area contributed by atoms with Crippen LogP contribution in [-0.4, -0.2) is 26.7 Å². The Morgan fingerprint density at radius 1 is 1.50 bits per heavy atom. The van der Waals surface area contributed by atoms with Crippen LogP contribution in [0.1, 0.15) is 27.7 Å². The molecule has 1 rings (SSSR count). The third-order valence-corrected chi connectivity index (χ3v) is 2.51. The second kappa shape index (κ2) is 2.67. The molecular formula is C8H12N4O2. The average molecular weight is 196 g/mol. The maximum atomic E-state index is 11.7. The molecule has 0 aromatic carbocycles. The zero-order valence-corrected chi connectivity index (χ0v) is 8.61. The molecule has 0 saturated carbocycles. The number of rotatable bonds is 1. The minimum Gasteiger partial charge on any atom is -0.621 e. The molecule has 1 heterocycles. The summed E-state index contributed by atoms with van der Waals surface area (Å²) in [5, 5.41) is 24.4. The van der Waals surface area contributed by atoms with E-state index in [4.69, 9.17) is 5.26 Å². The van der Waals surface area contributed by atoms with E-state index in [1.54, 1.807) is 27.7 Å². The van der Waals surface area contributed by atoms with Crippen molar-refractivity contribution in [3.63, 3.8) is 0 Å². The summed E-state index contributed by atoms with van der Waals surface area (Å²) in [6.07, 6.45) is 0. The molecule has 0 spiro atoms. The van der Waals surface area contributed by atoms with E-state index in [-0.39, 0.29) is 5.71 Å². The Balaban J connectivity index is 3.39. The lowest BCUT2D eigenvalue weighted by atomic mass is 9.99. The third kappa shape index (κ3) is 0.985. The number of nitriles is 1. The van der Waals surface area contributed by atoms with Crippen LogP contribution in [0.5, 0.6) is 0 Å². The smallest absolute Gasteiger partial charge is 0.294 e. The lowest BCUT2D eigenvalue weighted by Crippen LogP contribution is -2.49. The maximum Gasteiger partial charge on any atom is 0.294 e. The average Bonchev–Trinajstić information content (AvgIpc) is 2.16. The molecule has 0 saturated heterocycles. The molecule has 0 aliphatic carbocycles. The zero-order valence-electron chi connectivity index (χ0n) is 8.61. The van der Waals surface area contributed by atoms with Gasteiger partial charge in [0.25, 0.3) is 11.4 Å². The minimum atomic E-state index is -1.10. The Hall–Kier alpha value is -1.64. The minimum absolute atomic E-state index is 0.00194. The molecule has 6 heteroatoms. The first-order valence-corrected chi connectivity index (χ1v) is 4.18. The van der Waals surface area contributed by atoms with Gasteiger partial charge in [0.2, 0.25) is 0 Å². The van der Waals surface area contributed by atoms with E-state index in [1.807, 2.05) is 6.07 Å². The quantitative estimate of drug-likeness (QED) is 0.355. The first-order valence-electron chi connectivity index (χ1n) is 4.18. The fourth-order valence-corrected chi connectivity index (χ4v) is 1.78. The summed E-state index contributed by atoms with van der Waals surface area (Å²) in [6, 6.07) is 1.81. The fraction of sp³-hybridized carbons (Fsp3) is 0.750. The van der Waals surface area contributed by atoms with Crippen molar-refractivity contribution in [2.45, 2.75) is 38.9 Å². The maximum absolute atomic E-state index is 11.7. The molecule has 6 nitrogen and oxygen atoms in total. The zero-order chi connectivity index (χ0) is 11.1. The molecule has 0 aromatic rings. The second-order valence-electron chi connectivity index (χ2n) is 4.20. The molecule has 0 fully saturated rings. The predicted molar refractivity (Wildman–Crippen MR) is 50.0 cm³/mol. The Bertz CT molecular complexity index is 351. The predicted octanol–water partition coefficient (Wildman–Crippen LogP) is 0.973. The first-order chi connectivity index (χ1) is 6.30. The highest BCUT2D eigenvalue weighted by atomic mass is 16.5. The summed E-state index contributed by atoms with van der Waals surface area (Å²) in [5.74, 6) is 0. The van der Waals surface area contributed by atoms with Crippen LogP contribution in [0.4, 0.5) is 0 Å². The highest BCUT2D eigenvalue weighted by Gasteiger charge is 2.58. The molecule has 0 radical (unpaired) electrons. The van der Waals surface area contributed by atoms with Gasteiger partial charge in [0.05, 0.1) is 5.29 Å². The van der Waals surface area contributed by atoms with Crippen LogP contribution in [0.2, 0.25) is 0 Å². The molecule has 0 bridgehead atoms. The molecule has 1 aliphatic heterocycles. The van der Waals surface area contributed by atoms with Crippen LogP contribution in [0.3, 0.4) is 0 Å². The second-order valence-corrected chi connectivity index (χ2v) is 4.20. The van der Waals surface area contributed by atoms with Gasteiger partial charge in [-0.15, -0.1) is 4.91 Å². The molecule has 14 heavy (non-hydrogen) atoms. The summed E-state index contributed by atoms with van der Waals surface area (Å²) in [6.45, 7) is 6.33. The number of nitrogens with zero attached hydrogens (tertiary/aromatic N) is 4. The van der Waals surface area contributed by atoms with Gasteiger partial charge in [-0.05, 0) is 13.8 Å². The van der Waals surface area contributed by atoms with Crippen molar-refractivity contribution in [3.8, 4) is 6.07 Å². The Morgan fingerprint density at radius 3 is 2.21 bits per heavy atom. The first kappa shape index (κ1) is 10.4. The number of hydrogen-bond donors (Lipinski definition) is 0. The largest absolute Gasteiger partial charge is 0.621 e. The molecule has 1 aliphatic rings. The van der Waals surface area contributed by atoms with Gasteiger partial charge in [-0.2, -0.15) is 15.0 Å². The van der Waals surface area contributed by atoms with Gasteiger partial charge in [0.15, 0.2) is 11.6 Å². The van der Waals surface area contributed by atoms with Gasteiger partial charge in [-0.1, -0.05) is 0 Å². The summed E-state index contributed by atoms with van der Waals surface area (Å²) in [7, 11) is 0. The Morgan fingerprint density at radius 2 is 2.00 bits per heavy atom. The van der Waals surface area contributed by atoms with Gasteiger partial charge in [-0.25, -0.2) is 0 Å². The molecule has 0 N–H and O–H groups in total. The van der Waals surface area contributed by atoms with E-state index in [0.717, 1.165) is 5.01 Å². The van der Waals surface area contributed by atoms with Crippen LogP contribution in [0.15, 0.2) is 5.29 Å². The number of hydroxylamine groups is 1. The summed E-state index contributed by atoms with van der Waals surface area (Å²) in [4.78, 5) is 10.6. The lowest BCUT2D eigenvalue weighted by Gasteiger charge is -2.29. The van der Waals surface area contributed by atoms with Crippen LogP contribution >= 0.6 is 0 Å². The van der Waals surface area contributed by atoms with Crippen molar-refractivity contribution in [2.24, 2.45) is 5.29 Å². The molecule has 0 aromatic heterocycles. The van der Waals surface area contributed by atoms with Crippen molar-refractivity contribution in [1.29, 1.82) is 5.26 Å². The van der Waals surface area contributed by atoms with Crippen LogP contribution < -0.4 is 0 Å². The molecule has 76 valence electrons. The third-order valence-electron chi connectivity index (χ3n) is 2.51. The van der Waals surface area contributed by atoms with Crippen molar-refractivity contribution in [3.05, 3.63) is 10.1 Å². The Kier molecular flexibility index (Phi) is 1.99. The lowest BCUT2D eigenvalue weighted by molar-refractivity contribution is -0.558. The van der Waals surface area contributed by atoms with E-state index < -0.39 is 11.2 Å². The fourth-order valence-electron chi connectivity index (χ4n) is 1.78. The highest BCUT2D eigenvalue weighted by molar-refractivity contribution is 6.02. The monoisotopic (exact) mass is 196 g/mol. The van der Waals surface area contributed by atoms with E-state index in [9.17, 15) is 10.1 Å². The topological polar surface area (TPSA) is 82.5 Å². The summed E-state index contributed by atoms with van der Waals surface area (Å²) in [5.41, 5.74) is -2.04. The normalized spacial score (nSPS) is 23.5. The van der Waals surface area contributed by atoms with E-state index >= 15 is 0 Å². The standard InChI is InChI=1S/C8H12N4O2/c1-7(2)6(5-9)11(14)8(3,4)12(7)10-13/h1-4H3. The van der Waals surface area contributed by atoms with Crippen molar-refractivity contribution < 1.29 is 4.74 Å². The molecular weight excluding hydrogens is 184 g/mol. The van der Waals surface area contributed by atoms with Crippen molar-refractivity contribution >= 4 is 5.71 Å². The molecule has 0 amide bonds. The van der Waals surface area contributed by atoms with Gasteiger partial charge in [0.1, 0.15) is 0 Å². The van der Waals surface area contributed by atoms with E-state index in [0.29, 0.717) is 4.74 Å². The molecule has 0 atom stereocenters. The van der Waals surface area contributed by atoms with E-state index in [1.165, 1.54) is 0 Å². The highest BCUT2D eigenvalue weighted by Crippen LogP contribution is 2.33. The number of hydrogen-bond acceptors (Lipinski definition) is 4. The van der Waals surface area contributed by atoms with Crippen molar-refractivity contribution in [2.75, 3.05) is 0 Å². The summed E-state index contributed by atoms with van der Waals surface area (Å²) < 4.78 is 0.536. The van der Waals surface area contributed by atoms with E-state index in [2.05, 4.69) is 5.29 Å². The van der Waals surface area contributed by atoms with Gasteiger partial charge in [-0.3, -0.25) is 0 Å². The van der Waals surface area contributed by atoms with Crippen LogP contribution in [0.25, 0.3) is 0 Å². The van der Waals surface area contributed by atoms with Crippen molar-refractivity contribution in [1.82, 2.24) is 5.01 Å². The summed E-state index contributed by atoms with van der Waals surface area (Å²) >= 11 is 0. The van der Waals surface area contributed by atoms with Gasteiger partial charge in [0, 0.05) is 13.8 Å². The Labute approximate surface area is 82.0 Å². The number of nitroso groups, excluding NO2 is 1. The van der Waals surface area contributed by atoms with Gasteiger partial charge < -0.3 is 5.21 Å². The van der Waals surface area contributed by atoms with Gasteiger partial charge >= 0.3 is 0 Å². The van der Waals surface area contributed by atoms with Crippen LogP contribution in [0, 0.1) is 21.4 Å². The SMILES string of the molecule is CC1(C)C(C#N)=[N+]([O-])C(C)(C)N1N=O.